The molecule has 4 rings (SSSR count). The fraction of sp³-hybridized carbons (Fsp3) is 0.348. The molecule has 1 amide bonds. The number of hydrogen-bond acceptors (Lipinski definition) is 7. The Kier molecular flexibility index (Phi) is 6.36. The molecule has 0 saturated carbocycles. The average Bonchev–Trinajstić information content (AvgIpc) is 3.45. The molecule has 2 N–H and O–H groups in total. The summed E-state index contributed by atoms with van der Waals surface area (Å²) in [5, 5.41) is 6.95. The topological polar surface area (TPSA) is 83.3 Å². The van der Waals surface area contributed by atoms with Crippen molar-refractivity contribution in [2.75, 3.05) is 22.6 Å². The van der Waals surface area contributed by atoms with E-state index in [2.05, 4.69) is 51.5 Å². The maximum atomic E-state index is 12.4. The smallest absolute Gasteiger partial charge is 0.226 e. The molecule has 1 aromatic carbocycles. The van der Waals surface area contributed by atoms with Gasteiger partial charge in [-0.15, -0.1) is 0 Å². The zero-order valence-corrected chi connectivity index (χ0v) is 18.8. The van der Waals surface area contributed by atoms with Gasteiger partial charge in [0.1, 0.15) is 5.76 Å². The third-order valence-electron chi connectivity index (χ3n) is 5.06. The highest BCUT2D eigenvalue weighted by Crippen LogP contribution is 2.34. The van der Waals surface area contributed by atoms with Crippen molar-refractivity contribution in [1.82, 2.24) is 9.97 Å². The Hall–Kier alpha value is -3.13. The summed E-state index contributed by atoms with van der Waals surface area (Å²) in [5.41, 5.74) is 2.26. The summed E-state index contributed by atoms with van der Waals surface area (Å²) in [5.74, 6) is 1.95. The molecule has 0 fully saturated rings. The molecule has 1 aliphatic heterocycles. The summed E-state index contributed by atoms with van der Waals surface area (Å²) in [6.07, 6.45) is 9.32. The van der Waals surface area contributed by atoms with Crippen molar-refractivity contribution >= 4 is 45.9 Å². The molecule has 8 heteroatoms. The average molecular weight is 438 g/mol. The Balaban J connectivity index is 1.26. The molecule has 0 spiro atoms. The van der Waals surface area contributed by atoms with Crippen LogP contribution in [0.4, 0.5) is 16.5 Å². The largest absolute Gasteiger partial charge is 0.442 e. The number of rotatable bonds is 8. The van der Waals surface area contributed by atoms with Gasteiger partial charge in [-0.05, 0) is 30.5 Å². The molecule has 1 aliphatic rings. The second kappa shape index (κ2) is 9.34. The summed E-state index contributed by atoms with van der Waals surface area (Å²) < 4.78 is 5.71. The Morgan fingerprint density at radius 3 is 2.94 bits per heavy atom. The zero-order chi connectivity index (χ0) is 21.8. The van der Waals surface area contributed by atoms with E-state index in [1.807, 2.05) is 31.3 Å². The van der Waals surface area contributed by atoms with Crippen LogP contribution in [0.2, 0.25) is 0 Å². The summed E-state index contributed by atoms with van der Waals surface area (Å²) in [6, 6.07) is 8.17. The van der Waals surface area contributed by atoms with Crippen LogP contribution in [-0.4, -0.2) is 29.1 Å². The van der Waals surface area contributed by atoms with Crippen LogP contribution in [0.3, 0.4) is 0 Å². The Labute approximate surface area is 186 Å². The monoisotopic (exact) mass is 437 g/mol. The van der Waals surface area contributed by atoms with Crippen LogP contribution >= 0.6 is 11.3 Å². The minimum Gasteiger partial charge on any atom is -0.442 e. The van der Waals surface area contributed by atoms with Gasteiger partial charge in [0.2, 0.25) is 11.8 Å². The highest BCUT2D eigenvalue weighted by Gasteiger charge is 2.25. The van der Waals surface area contributed by atoms with Crippen LogP contribution in [0, 0.1) is 5.92 Å². The molecular weight excluding hydrogens is 410 g/mol. The number of oxazole rings is 1. The van der Waals surface area contributed by atoms with Gasteiger partial charge in [0.25, 0.3) is 0 Å². The molecular formula is C23H27N5O2S. The van der Waals surface area contributed by atoms with E-state index in [-0.39, 0.29) is 12.1 Å². The van der Waals surface area contributed by atoms with E-state index in [4.69, 9.17) is 4.42 Å². The molecule has 0 bridgehead atoms. The van der Waals surface area contributed by atoms with E-state index < -0.39 is 0 Å². The van der Waals surface area contributed by atoms with Crippen molar-refractivity contribution in [2.45, 2.75) is 39.3 Å². The van der Waals surface area contributed by atoms with Crippen molar-refractivity contribution in [2.24, 2.45) is 5.92 Å². The number of nitrogens with one attached hydrogen (secondary N) is 2. The number of amides is 1. The lowest BCUT2D eigenvalue weighted by atomic mass is 10.1. The van der Waals surface area contributed by atoms with Crippen LogP contribution in [0.1, 0.15) is 43.2 Å². The van der Waals surface area contributed by atoms with Crippen molar-refractivity contribution in [3.8, 4) is 0 Å². The molecule has 2 aromatic heterocycles. The fourth-order valence-corrected chi connectivity index (χ4v) is 4.27. The standard InChI is InChI=1S/C23H27N5O2S/c1-15(2)12-16-13-24-22(30-16)11-8-17-14-25-23(31-17)27-21(29)10-9-20-26-18-6-4-5-7-19(18)28(20)3/h4-8,11,13-15,20,26H,9-10,12H2,1-3H3,(H,25,27,29)/b11-8+. The van der Waals surface area contributed by atoms with Crippen LogP contribution in [-0.2, 0) is 11.2 Å². The number of hydrogen-bond donors (Lipinski definition) is 2. The Morgan fingerprint density at radius 1 is 1.29 bits per heavy atom. The van der Waals surface area contributed by atoms with Gasteiger partial charge in [-0.25, -0.2) is 9.97 Å². The first-order valence-electron chi connectivity index (χ1n) is 10.4. The minimum absolute atomic E-state index is 0.0398. The molecule has 0 radical (unpaired) electrons. The van der Waals surface area contributed by atoms with Gasteiger partial charge < -0.3 is 20.0 Å². The van der Waals surface area contributed by atoms with Gasteiger partial charge in [-0.3, -0.25) is 4.79 Å². The van der Waals surface area contributed by atoms with E-state index in [1.54, 1.807) is 12.4 Å². The Morgan fingerprint density at radius 2 is 2.13 bits per heavy atom. The van der Waals surface area contributed by atoms with E-state index in [0.29, 0.717) is 29.8 Å². The minimum atomic E-state index is -0.0398. The highest BCUT2D eigenvalue weighted by molar-refractivity contribution is 7.16. The van der Waals surface area contributed by atoms with Gasteiger partial charge in [0, 0.05) is 37.0 Å². The highest BCUT2D eigenvalue weighted by atomic mass is 32.1. The maximum absolute atomic E-state index is 12.4. The van der Waals surface area contributed by atoms with Gasteiger partial charge in [-0.2, -0.15) is 0 Å². The lowest BCUT2D eigenvalue weighted by molar-refractivity contribution is -0.116. The lowest BCUT2D eigenvalue weighted by Crippen LogP contribution is -2.33. The summed E-state index contributed by atoms with van der Waals surface area (Å²) in [6.45, 7) is 4.29. The van der Waals surface area contributed by atoms with E-state index in [1.165, 1.54) is 11.3 Å². The molecule has 162 valence electrons. The molecule has 0 aliphatic carbocycles. The van der Waals surface area contributed by atoms with Gasteiger partial charge in [0.05, 0.1) is 23.7 Å². The second-order valence-electron chi connectivity index (χ2n) is 8.04. The maximum Gasteiger partial charge on any atom is 0.226 e. The van der Waals surface area contributed by atoms with Crippen LogP contribution in [0.15, 0.2) is 41.1 Å². The lowest BCUT2D eigenvalue weighted by Gasteiger charge is -2.21. The fourth-order valence-electron chi connectivity index (χ4n) is 3.53. The molecule has 1 atom stereocenters. The van der Waals surface area contributed by atoms with E-state index in [0.717, 1.165) is 28.4 Å². The summed E-state index contributed by atoms with van der Waals surface area (Å²) in [7, 11) is 2.04. The number of para-hydroxylation sites is 2. The number of benzene rings is 1. The van der Waals surface area contributed by atoms with Gasteiger partial charge in [-0.1, -0.05) is 37.3 Å². The van der Waals surface area contributed by atoms with Crippen molar-refractivity contribution in [3.63, 3.8) is 0 Å². The van der Waals surface area contributed by atoms with Crippen LogP contribution in [0.5, 0.6) is 0 Å². The predicted octanol–water partition coefficient (Wildman–Crippen LogP) is 5.11. The molecule has 7 nitrogen and oxygen atoms in total. The number of thiazole rings is 1. The normalized spacial score (nSPS) is 15.5. The van der Waals surface area contributed by atoms with Gasteiger partial charge >= 0.3 is 0 Å². The predicted molar refractivity (Wildman–Crippen MR) is 126 cm³/mol. The summed E-state index contributed by atoms with van der Waals surface area (Å²) >= 11 is 1.42. The number of fused-ring (bicyclic) bond motifs is 1. The van der Waals surface area contributed by atoms with Crippen molar-refractivity contribution in [3.05, 3.63) is 53.2 Å². The quantitative estimate of drug-likeness (QED) is 0.510. The first-order valence-corrected chi connectivity index (χ1v) is 11.3. The molecule has 1 unspecified atom stereocenters. The third-order valence-corrected chi connectivity index (χ3v) is 5.94. The number of aromatic nitrogens is 2. The molecule has 31 heavy (non-hydrogen) atoms. The second-order valence-corrected chi connectivity index (χ2v) is 9.10. The molecule has 0 saturated heterocycles. The number of carbonyl (C=O) groups is 1. The first kappa shape index (κ1) is 21.1. The zero-order valence-electron chi connectivity index (χ0n) is 18.0. The van der Waals surface area contributed by atoms with Crippen LogP contribution < -0.4 is 15.5 Å². The third kappa shape index (κ3) is 5.32. The van der Waals surface area contributed by atoms with Crippen LogP contribution in [0.25, 0.3) is 12.2 Å². The van der Waals surface area contributed by atoms with E-state index >= 15 is 0 Å². The van der Waals surface area contributed by atoms with E-state index in [9.17, 15) is 4.79 Å². The molecule has 3 heterocycles. The first-order chi connectivity index (χ1) is 15.0. The Bertz CT molecular complexity index is 1070. The SMILES string of the molecule is CC(C)Cc1cnc(/C=C/c2cnc(NC(=O)CCC3Nc4ccccc4N3C)s2)o1. The number of nitrogens with zero attached hydrogens (tertiary/aromatic N) is 3. The molecule has 3 aromatic rings. The number of anilines is 3. The van der Waals surface area contributed by atoms with Gasteiger partial charge in [0.15, 0.2) is 5.13 Å². The van der Waals surface area contributed by atoms with Crippen molar-refractivity contribution < 1.29 is 9.21 Å². The number of carbonyl (C=O) groups excluding carboxylic acids is 1. The van der Waals surface area contributed by atoms with Crippen molar-refractivity contribution in [1.29, 1.82) is 0 Å². The summed E-state index contributed by atoms with van der Waals surface area (Å²) in [4.78, 5) is 24.1.